The Morgan fingerprint density at radius 2 is 0.681 bits per heavy atom. The first-order chi connectivity index (χ1) is 57.8. The van der Waals surface area contributed by atoms with Gasteiger partial charge in [-0.3, -0.25) is 29.7 Å². The Bertz CT molecular complexity index is 5830. The standard InChI is InChI=1S/C32H37N3O5.C32H31N3O5.C31H35N3O5/c2*1-20-26(32(37)38)27-28(29(22-10-12-33-13-11-22)35-16-14-34(2)15-17-35)30(36)25-18-23(8-9-24(25)31(27)40-20)39-19-21-6-4-3-5-7-21;1-19-25(31(36)37)26-27(28(21-9-11-32-12-10-21)34-15-13-33(2)14-16-34)29(35)24-17-22(7-8-23(24)30(26)39-19)38-18-20-5-3-4-6-20/h8-13,18,21,29,36H,3-7,14-17,19H2,1-2H3,(H,37,38);3-13,18,29,36H,14-17,19H2,1-2H3,(H,37,38);7-12,17,20,28,35H,3-6,13-16,18H2,1-2H3,(H,36,37). The molecule has 24 heteroatoms. The number of furan rings is 3. The summed E-state index contributed by atoms with van der Waals surface area (Å²) in [7, 11) is 6.28. The highest BCUT2D eigenvalue weighted by atomic mass is 16.5. The third-order valence-corrected chi connectivity index (χ3v) is 25.0. The zero-order valence-electron chi connectivity index (χ0n) is 68.3. The SMILES string of the molecule is Cc1oc2c(c1C(=O)O)c(C(c1ccncc1)N1CCN(C)CC1)c(O)c1cc(OCC3CCCC3)ccc12.Cc1oc2c(c1C(=O)O)c(C(c1ccncc1)N1CCN(C)CC1)c(O)c1cc(OCC3CCCCC3)ccc12.Cc1oc2c(c1C(=O)O)c(C(c1ccncc1)N1CCN(C)CC1)c(O)c1cc(OCc3ccccc3)ccc12. The number of pyridine rings is 3. The van der Waals surface area contributed by atoms with E-state index in [-0.39, 0.29) is 46.0 Å². The molecule has 0 amide bonds. The molecule has 0 spiro atoms. The van der Waals surface area contributed by atoms with Crippen LogP contribution in [0.5, 0.6) is 34.5 Å². The monoisotopic (exact) mass is 1610 g/mol. The summed E-state index contributed by atoms with van der Waals surface area (Å²) in [6, 6.07) is 37.0. The molecular formula is C95H103N9O15. The number of carboxylic acids is 3. The summed E-state index contributed by atoms with van der Waals surface area (Å²) in [6.45, 7) is 16.5. The van der Waals surface area contributed by atoms with Crippen molar-refractivity contribution < 1.29 is 72.5 Å². The fourth-order valence-corrected chi connectivity index (χ4v) is 18.6. The van der Waals surface area contributed by atoms with Gasteiger partial charge >= 0.3 is 17.9 Å². The van der Waals surface area contributed by atoms with Crippen LogP contribution in [0, 0.1) is 32.6 Å². The molecule has 5 aliphatic rings. The number of benzene rings is 7. The van der Waals surface area contributed by atoms with Crippen LogP contribution in [0.1, 0.15) is 163 Å². The van der Waals surface area contributed by atoms with Crippen LogP contribution in [0.15, 0.2) is 172 Å². The second-order valence-electron chi connectivity index (χ2n) is 32.7. The van der Waals surface area contributed by atoms with Gasteiger partial charge in [0.1, 0.15) is 91.8 Å². The summed E-state index contributed by atoms with van der Waals surface area (Å²) < 4.78 is 37.0. The number of phenolic OH excluding ortho intramolecular Hbond substituents is 3. The molecule has 618 valence electrons. The number of aromatic hydroxyl groups is 3. The molecule has 18 rings (SSSR count). The highest BCUT2D eigenvalue weighted by molar-refractivity contribution is 6.19. The molecule has 24 nitrogen and oxygen atoms in total. The molecule has 0 radical (unpaired) electrons. The normalized spacial score (nSPS) is 17.3. The molecule has 3 aliphatic heterocycles. The minimum atomic E-state index is -1.09. The quantitative estimate of drug-likeness (QED) is 0.0389. The van der Waals surface area contributed by atoms with Crippen LogP contribution in [0.2, 0.25) is 0 Å². The first kappa shape index (κ1) is 81.1. The van der Waals surface area contributed by atoms with Crippen LogP contribution in [-0.2, 0) is 6.61 Å². The zero-order valence-corrected chi connectivity index (χ0v) is 68.3. The number of aromatic nitrogens is 3. The van der Waals surface area contributed by atoms with E-state index in [2.05, 4.69) is 65.5 Å². The number of phenols is 3. The zero-order chi connectivity index (χ0) is 82.7. The topological polar surface area (TPSA) is 298 Å². The van der Waals surface area contributed by atoms with Crippen LogP contribution in [0.25, 0.3) is 65.2 Å². The highest BCUT2D eigenvalue weighted by Crippen LogP contribution is 2.53. The van der Waals surface area contributed by atoms with Gasteiger partial charge < -0.3 is 72.8 Å². The predicted molar refractivity (Wildman–Crippen MR) is 457 cm³/mol. The molecule has 9 heterocycles. The Balaban J connectivity index is 0.000000133. The number of carbonyl (C=O) groups is 3. The third kappa shape index (κ3) is 16.7. The maximum Gasteiger partial charge on any atom is 0.339 e. The van der Waals surface area contributed by atoms with E-state index in [0.29, 0.717) is 148 Å². The van der Waals surface area contributed by atoms with Crippen molar-refractivity contribution in [2.75, 3.05) is 113 Å². The van der Waals surface area contributed by atoms with Gasteiger partial charge in [0.2, 0.25) is 0 Å². The van der Waals surface area contributed by atoms with Crippen molar-refractivity contribution in [2.45, 2.75) is 103 Å². The first-order valence-corrected chi connectivity index (χ1v) is 41.5. The summed E-state index contributed by atoms with van der Waals surface area (Å²) in [5.74, 6) is 0.944. The molecule has 3 atom stereocenters. The number of aromatic carboxylic acids is 3. The van der Waals surface area contributed by atoms with Crippen molar-refractivity contribution in [3.63, 3.8) is 0 Å². The lowest BCUT2D eigenvalue weighted by atomic mass is 9.88. The fraction of sp³-hybridized carbons (Fsp3) is 0.368. The summed E-state index contributed by atoms with van der Waals surface area (Å²) in [6.07, 6.45) is 21.4. The molecule has 2 aliphatic carbocycles. The molecule has 119 heavy (non-hydrogen) atoms. The van der Waals surface area contributed by atoms with Crippen LogP contribution >= 0.6 is 0 Å². The van der Waals surface area contributed by atoms with Gasteiger partial charge in [-0.2, -0.15) is 0 Å². The first-order valence-electron chi connectivity index (χ1n) is 41.5. The Kier molecular flexibility index (Phi) is 24.2. The number of hydrogen-bond acceptors (Lipinski definition) is 21. The Labute approximate surface area is 690 Å². The highest BCUT2D eigenvalue weighted by Gasteiger charge is 2.39. The van der Waals surface area contributed by atoms with Crippen LogP contribution < -0.4 is 14.2 Å². The second-order valence-corrected chi connectivity index (χ2v) is 32.7. The van der Waals surface area contributed by atoms with Crippen molar-refractivity contribution >= 4 is 83.1 Å². The van der Waals surface area contributed by atoms with E-state index in [1.165, 1.54) is 57.8 Å². The van der Waals surface area contributed by atoms with Gasteiger partial charge in [-0.25, -0.2) is 14.4 Å². The van der Waals surface area contributed by atoms with Gasteiger partial charge in [0.15, 0.2) is 0 Å². The number of carboxylic acid groups (broad SMARTS) is 3. The number of hydrogen-bond donors (Lipinski definition) is 6. The van der Waals surface area contributed by atoms with E-state index >= 15 is 0 Å². The molecule has 6 aromatic heterocycles. The number of ether oxygens (including phenoxy) is 3. The lowest BCUT2D eigenvalue weighted by molar-refractivity contribution is 0.0685. The molecule has 0 bridgehead atoms. The number of piperazine rings is 3. The number of rotatable bonds is 21. The lowest BCUT2D eigenvalue weighted by Crippen LogP contribution is -2.46. The summed E-state index contributed by atoms with van der Waals surface area (Å²) in [4.78, 5) is 64.0. The van der Waals surface area contributed by atoms with Crippen molar-refractivity contribution in [3.05, 3.63) is 231 Å². The van der Waals surface area contributed by atoms with Gasteiger partial charge in [-0.05, 0) is 193 Å². The van der Waals surface area contributed by atoms with E-state index in [1.807, 2.05) is 121 Å². The van der Waals surface area contributed by atoms with Crippen LogP contribution in [0.3, 0.4) is 0 Å². The molecular weight excluding hydrogens is 1510 g/mol. The largest absolute Gasteiger partial charge is 0.507 e. The number of aryl methyl sites for hydroxylation is 3. The third-order valence-electron chi connectivity index (χ3n) is 25.0. The van der Waals surface area contributed by atoms with Crippen molar-refractivity contribution in [1.29, 1.82) is 0 Å². The van der Waals surface area contributed by atoms with Crippen molar-refractivity contribution in [2.24, 2.45) is 11.8 Å². The van der Waals surface area contributed by atoms with Gasteiger partial charge in [0.05, 0.1) is 31.3 Å². The molecule has 3 saturated heterocycles. The van der Waals surface area contributed by atoms with Gasteiger partial charge in [0.25, 0.3) is 0 Å². The maximum absolute atomic E-state index is 12.6. The average molecular weight is 1610 g/mol. The number of fused-ring (bicyclic) bond motifs is 9. The van der Waals surface area contributed by atoms with Crippen molar-refractivity contribution in [1.82, 2.24) is 44.4 Å². The summed E-state index contributed by atoms with van der Waals surface area (Å²) >= 11 is 0. The van der Waals surface area contributed by atoms with Gasteiger partial charge in [-0.15, -0.1) is 0 Å². The predicted octanol–water partition coefficient (Wildman–Crippen LogP) is 17.2. The fourth-order valence-electron chi connectivity index (χ4n) is 18.6. The van der Waals surface area contributed by atoms with E-state index in [4.69, 9.17) is 27.5 Å². The van der Waals surface area contributed by atoms with Crippen LogP contribution in [0.4, 0.5) is 0 Å². The average Bonchev–Trinajstić information content (AvgIpc) is 1.64. The molecule has 13 aromatic rings. The summed E-state index contributed by atoms with van der Waals surface area (Å²) in [5.41, 5.74) is 7.10. The smallest absolute Gasteiger partial charge is 0.339 e. The molecule has 2 saturated carbocycles. The minimum Gasteiger partial charge on any atom is -0.507 e. The Hall–Kier alpha value is -11.6. The molecule has 6 N–H and O–H groups in total. The maximum atomic E-state index is 12.6. The Morgan fingerprint density at radius 1 is 0.387 bits per heavy atom. The molecule has 7 aromatic carbocycles. The number of nitrogens with zero attached hydrogens (tertiary/aromatic N) is 9. The minimum absolute atomic E-state index is 0.0247. The Morgan fingerprint density at radius 3 is 0.983 bits per heavy atom. The van der Waals surface area contributed by atoms with E-state index in [0.717, 1.165) is 101 Å². The molecule has 3 unspecified atom stereocenters. The lowest BCUT2D eigenvalue weighted by Gasteiger charge is -2.39. The second kappa shape index (κ2) is 35.5. The number of likely N-dealkylation sites (N-methyl/N-ethyl adjacent to an activating group) is 3. The van der Waals surface area contributed by atoms with E-state index < -0.39 is 23.9 Å². The van der Waals surface area contributed by atoms with Gasteiger partial charge in [0, 0.05) is 181 Å². The van der Waals surface area contributed by atoms with E-state index in [9.17, 15) is 45.0 Å². The molecule has 5 fully saturated rings. The van der Waals surface area contributed by atoms with Crippen LogP contribution in [-0.4, -0.2) is 206 Å². The van der Waals surface area contributed by atoms with E-state index in [1.54, 1.807) is 58.0 Å². The van der Waals surface area contributed by atoms with Crippen molar-refractivity contribution in [3.8, 4) is 34.5 Å². The summed E-state index contributed by atoms with van der Waals surface area (Å²) in [5, 5.41) is 72.0. The van der Waals surface area contributed by atoms with Gasteiger partial charge in [-0.1, -0.05) is 62.4 Å².